The first-order valence-corrected chi connectivity index (χ1v) is 6.56. The number of thioether (sulfide) groups is 1. The summed E-state index contributed by atoms with van der Waals surface area (Å²) in [5.74, 6) is 1.31. The van der Waals surface area contributed by atoms with E-state index in [1.165, 1.54) is 7.05 Å². The Balaban J connectivity index is 2.83. The van der Waals surface area contributed by atoms with Crippen LogP contribution in [0.3, 0.4) is 0 Å². The molecule has 0 spiro atoms. The lowest BCUT2D eigenvalue weighted by Gasteiger charge is -2.11. The molecule has 0 fully saturated rings. The number of hydrogen-bond acceptors (Lipinski definition) is 5. The normalized spacial score (nSPS) is 11.5. The van der Waals surface area contributed by atoms with Gasteiger partial charge in [0.25, 0.3) is 5.24 Å². The van der Waals surface area contributed by atoms with Gasteiger partial charge in [0.05, 0.1) is 19.5 Å². The summed E-state index contributed by atoms with van der Waals surface area (Å²) in [6.45, 7) is 0. The van der Waals surface area contributed by atoms with Crippen molar-refractivity contribution in [1.29, 1.82) is 0 Å². The minimum Gasteiger partial charge on any atom is -0.497 e. The fraction of sp³-hybridized carbons (Fsp3) is 0.385. The van der Waals surface area contributed by atoms with Crippen molar-refractivity contribution in [2.75, 3.05) is 21.3 Å². The average molecular weight is 283 g/mol. The smallest absolute Gasteiger partial charge is 0.279 e. The highest BCUT2D eigenvalue weighted by Crippen LogP contribution is 2.25. The van der Waals surface area contributed by atoms with Gasteiger partial charge in [-0.1, -0.05) is 11.8 Å². The minimum absolute atomic E-state index is 0.230. The standard InChI is InChI=1S/C13H17NO4S/c1-14-13(16)19-12(8-15)6-9-4-10(17-2)7-11(5-9)18-3/h4-5,7-8,12H,6H2,1-3H3,(H,14,16). The van der Waals surface area contributed by atoms with E-state index < -0.39 is 5.25 Å². The van der Waals surface area contributed by atoms with Gasteiger partial charge in [0.1, 0.15) is 17.8 Å². The zero-order valence-electron chi connectivity index (χ0n) is 11.1. The van der Waals surface area contributed by atoms with Crippen LogP contribution in [0, 0.1) is 0 Å². The van der Waals surface area contributed by atoms with Crippen LogP contribution < -0.4 is 14.8 Å². The molecule has 1 amide bonds. The summed E-state index contributed by atoms with van der Waals surface area (Å²) in [6.07, 6.45) is 1.21. The van der Waals surface area contributed by atoms with Gasteiger partial charge >= 0.3 is 0 Å². The molecule has 6 heteroatoms. The average Bonchev–Trinajstić information content (AvgIpc) is 2.45. The van der Waals surface area contributed by atoms with Crippen LogP contribution >= 0.6 is 11.8 Å². The molecule has 0 heterocycles. The Bertz CT molecular complexity index is 428. The molecule has 0 saturated carbocycles. The van der Waals surface area contributed by atoms with Crippen molar-refractivity contribution in [1.82, 2.24) is 5.32 Å². The molecule has 0 bridgehead atoms. The van der Waals surface area contributed by atoms with Crippen LogP contribution in [-0.2, 0) is 11.2 Å². The number of carbonyl (C=O) groups excluding carboxylic acids is 2. The van der Waals surface area contributed by atoms with Crippen LogP contribution in [0.15, 0.2) is 18.2 Å². The zero-order chi connectivity index (χ0) is 14.3. The van der Waals surface area contributed by atoms with Gasteiger partial charge in [0, 0.05) is 13.1 Å². The maximum atomic E-state index is 11.3. The molecule has 0 aliphatic heterocycles. The Morgan fingerprint density at radius 2 is 1.89 bits per heavy atom. The summed E-state index contributed by atoms with van der Waals surface area (Å²) in [5.41, 5.74) is 0.879. The SMILES string of the molecule is CNC(=O)SC(C=O)Cc1cc(OC)cc(OC)c1. The van der Waals surface area contributed by atoms with Gasteiger partial charge in [-0.25, -0.2) is 0 Å². The van der Waals surface area contributed by atoms with E-state index in [0.29, 0.717) is 17.9 Å². The van der Waals surface area contributed by atoms with Gasteiger partial charge < -0.3 is 19.6 Å². The van der Waals surface area contributed by atoms with Gasteiger partial charge in [-0.3, -0.25) is 4.79 Å². The van der Waals surface area contributed by atoms with Crippen molar-refractivity contribution < 1.29 is 19.1 Å². The van der Waals surface area contributed by atoms with Gasteiger partial charge in [-0.2, -0.15) is 0 Å². The monoisotopic (exact) mass is 283 g/mol. The van der Waals surface area contributed by atoms with Crippen LogP contribution in [0.5, 0.6) is 11.5 Å². The topological polar surface area (TPSA) is 64.6 Å². The summed E-state index contributed by atoms with van der Waals surface area (Å²) < 4.78 is 10.3. The van der Waals surface area contributed by atoms with Gasteiger partial charge in [-0.15, -0.1) is 0 Å². The Labute approximate surface area is 116 Å². The van der Waals surface area contributed by atoms with E-state index in [1.807, 2.05) is 12.1 Å². The van der Waals surface area contributed by atoms with Gasteiger partial charge in [0.2, 0.25) is 0 Å². The van der Waals surface area contributed by atoms with Crippen molar-refractivity contribution in [3.63, 3.8) is 0 Å². The fourth-order valence-electron chi connectivity index (χ4n) is 1.53. The third-order valence-corrected chi connectivity index (χ3v) is 3.46. The van der Waals surface area contributed by atoms with E-state index in [9.17, 15) is 9.59 Å². The highest BCUT2D eigenvalue weighted by Gasteiger charge is 2.15. The van der Waals surface area contributed by atoms with Crippen LogP contribution in [0.4, 0.5) is 4.79 Å². The highest BCUT2D eigenvalue weighted by molar-refractivity contribution is 8.14. The number of carbonyl (C=O) groups is 2. The summed E-state index contributed by atoms with van der Waals surface area (Å²) in [5, 5.41) is 1.81. The lowest BCUT2D eigenvalue weighted by atomic mass is 10.1. The molecule has 0 saturated heterocycles. The summed E-state index contributed by atoms with van der Waals surface area (Å²) >= 11 is 0.967. The Kier molecular flexibility index (Phi) is 6.21. The molecule has 1 aromatic carbocycles. The number of hydrogen-bond donors (Lipinski definition) is 1. The molecule has 0 aromatic heterocycles. The van der Waals surface area contributed by atoms with Crippen molar-refractivity contribution >= 4 is 23.3 Å². The molecular formula is C13H17NO4S. The molecule has 1 rings (SSSR count). The van der Waals surface area contributed by atoms with E-state index in [0.717, 1.165) is 23.6 Å². The van der Waals surface area contributed by atoms with Gasteiger partial charge in [-0.05, 0) is 24.1 Å². The Morgan fingerprint density at radius 3 is 2.32 bits per heavy atom. The van der Waals surface area contributed by atoms with Crippen LogP contribution in [-0.4, -0.2) is 38.0 Å². The largest absolute Gasteiger partial charge is 0.497 e. The number of amides is 1. The van der Waals surface area contributed by atoms with Crippen LogP contribution in [0.2, 0.25) is 0 Å². The number of methoxy groups -OCH3 is 2. The van der Waals surface area contributed by atoms with Crippen molar-refractivity contribution in [2.24, 2.45) is 0 Å². The molecule has 1 N–H and O–H groups in total. The highest BCUT2D eigenvalue weighted by atomic mass is 32.2. The van der Waals surface area contributed by atoms with E-state index in [-0.39, 0.29) is 5.24 Å². The van der Waals surface area contributed by atoms with Crippen molar-refractivity contribution in [3.8, 4) is 11.5 Å². The maximum Gasteiger partial charge on any atom is 0.279 e. The first kappa shape index (κ1) is 15.4. The summed E-state index contributed by atoms with van der Waals surface area (Å²) in [4.78, 5) is 22.3. The lowest BCUT2D eigenvalue weighted by Crippen LogP contribution is -2.19. The van der Waals surface area contributed by atoms with Crippen molar-refractivity contribution in [3.05, 3.63) is 23.8 Å². The third-order valence-electron chi connectivity index (χ3n) is 2.46. The van der Waals surface area contributed by atoms with E-state index in [4.69, 9.17) is 9.47 Å². The fourth-order valence-corrected chi connectivity index (χ4v) is 2.25. The second-order valence-corrected chi connectivity index (χ2v) is 4.97. The molecule has 19 heavy (non-hydrogen) atoms. The quantitative estimate of drug-likeness (QED) is 0.808. The summed E-state index contributed by atoms with van der Waals surface area (Å²) in [6, 6.07) is 5.40. The zero-order valence-corrected chi connectivity index (χ0v) is 12.0. The molecule has 5 nitrogen and oxygen atoms in total. The molecule has 0 aliphatic carbocycles. The van der Waals surface area contributed by atoms with E-state index in [1.54, 1.807) is 20.3 Å². The first-order valence-electron chi connectivity index (χ1n) is 5.68. The number of ether oxygens (including phenoxy) is 2. The minimum atomic E-state index is -0.434. The van der Waals surface area contributed by atoms with Crippen molar-refractivity contribution in [2.45, 2.75) is 11.7 Å². The molecule has 1 atom stereocenters. The van der Waals surface area contributed by atoms with E-state index in [2.05, 4.69) is 5.32 Å². The van der Waals surface area contributed by atoms with Crippen LogP contribution in [0.25, 0.3) is 0 Å². The number of aldehydes is 1. The maximum absolute atomic E-state index is 11.3. The summed E-state index contributed by atoms with van der Waals surface area (Å²) in [7, 11) is 4.66. The third kappa shape index (κ3) is 4.82. The lowest BCUT2D eigenvalue weighted by molar-refractivity contribution is -0.107. The van der Waals surface area contributed by atoms with Gasteiger partial charge in [0.15, 0.2) is 0 Å². The molecule has 0 radical (unpaired) electrons. The van der Waals surface area contributed by atoms with E-state index >= 15 is 0 Å². The van der Waals surface area contributed by atoms with Crippen LogP contribution in [0.1, 0.15) is 5.56 Å². The Hall–Kier alpha value is -1.69. The first-order chi connectivity index (χ1) is 9.12. The second-order valence-electron chi connectivity index (χ2n) is 3.75. The molecular weight excluding hydrogens is 266 g/mol. The Morgan fingerprint density at radius 1 is 1.32 bits per heavy atom. The molecule has 0 aliphatic rings. The predicted molar refractivity (Wildman–Crippen MR) is 75.1 cm³/mol. The molecule has 1 unspecified atom stereocenters. The second kappa shape index (κ2) is 7.68. The number of benzene rings is 1. The number of nitrogens with one attached hydrogen (secondary N) is 1. The molecule has 1 aromatic rings. The number of rotatable bonds is 6. The molecule has 104 valence electrons. The predicted octanol–water partition coefficient (Wildman–Crippen LogP) is 1.89.